The standard InChI is InChI=1S/C29H33F2N7/c1-6-37-11-9-20(10-12-37)18(4)21-7-8-26(32-15-21)35-29-33-16-24(31)27(36-29)22-13-23(30)28-25(14-22)38(17(2)3)19(5)34-28/h7-8,13-17,20H,4,6,9-12H2,1-3,5H3,(H,32,33,35,36). The number of hydrogen-bond donors (Lipinski definition) is 1. The van der Waals surface area contributed by atoms with Crippen LogP contribution >= 0.6 is 0 Å². The van der Waals surface area contributed by atoms with Crippen LogP contribution in [0, 0.1) is 24.5 Å². The molecule has 1 N–H and O–H groups in total. The number of likely N-dealkylation sites (tertiary alicyclic amines) is 1. The van der Waals surface area contributed by atoms with Gasteiger partial charge >= 0.3 is 0 Å². The first kappa shape index (κ1) is 25.9. The Morgan fingerprint density at radius 2 is 1.84 bits per heavy atom. The van der Waals surface area contributed by atoms with Crippen molar-refractivity contribution >= 4 is 28.4 Å². The first-order valence-electron chi connectivity index (χ1n) is 13.1. The zero-order valence-corrected chi connectivity index (χ0v) is 22.3. The normalized spacial score (nSPS) is 14.9. The number of piperidine rings is 1. The number of hydrogen-bond acceptors (Lipinski definition) is 6. The van der Waals surface area contributed by atoms with Crippen LogP contribution in [0.4, 0.5) is 20.5 Å². The number of allylic oxidation sites excluding steroid dienone is 1. The summed E-state index contributed by atoms with van der Waals surface area (Å²) >= 11 is 0. The number of nitrogens with zero attached hydrogens (tertiary/aromatic N) is 6. The van der Waals surface area contributed by atoms with Crippen molar-refractivity contribution in [2.75, 3.05) is 25.0 Å². The molecule has 7 nitrogen and oxygen atoms in total. The summed E-state index contributed by atoms with van der Waals surface area (Å²) in [6.45, 7) is 15.6. The zero-order valence-electron chi connectivity index (χ0n) is 22.3. The molecule has 0 spiro atoms. The third-order valence-corrected chi connectivity index (χ3v) is 7.36. The predicted molar refractivity (Wildman–Crippen MR) is 147 cm³/mol. The van der Waals surface area contributed by atoms with E-state index in [1.807, 2.05) is 37.5 Å². The number of imidazole rings is 1. The van der Waals surface area contributed by atoms with Crippen LogP contribution in [0.5, 0.6) is 0 Å². The van der Waals surface area contributed by atoms with Gasteiger partial charge in [0, 0.05) is 17.8 Å². The van der Waals surface area contributed by atoms with Gasteiger partial charge in [0.2, 0.25) is 5.95 Å². The molecule has 1 fully saturated rings. The van der Waals surface area contributed by atoms with E-state index in [4.69, 9.17) is 0 Å². The average molecular weight is 518 g/mol. The minimum Gasteiger partial charge on any atom is -0.326 e. The van der Waals surface area contributed by atoms with Crippen molar-refractivity contribution in [2.24, 2.45) is 5.92 Å². The van der Waals surface area contributed by atoms with E-state index in [1.54, 1.807) is 12.3 Å². The Morgan fingerprint density at radius 1 is 1.08 bits per heavy atom. The van der Waals surface area contributed by atoms with Gasteiger partial charge in [-0.25, -0.2) is 28.7 Å². The molecular formula is C29H33F2N7. The molecule has 4 heterocycles. The molecule has 0 radical (unpaired) electrons. The summed E-state index contributed by atoms with van der Waals surface area (Å²) < 4.78 is 31.7. The Morgan fingerprint density at radius 3 is 2.50 bits per heavy atom. The fourth-order valence-electron chi connectivity index (χ4n) is 5.29. The molecule has 4 aromatic rings. The van der Waals surface area contributed by atoms with Gasteiger partial charge in [-0.15, -0.1) is 0 Å². The monoisotopic (exact) mass is 517 g/mol. The zero-order chi connectivity index (χ0) is 27.0. The van der Waals surface area contributed by atoms with E-state index in [-0.39, 0.29) is 23.2 Å². The molecule has 3 aromatic heterocycles. The van der Waals surface area contributed by atoms with Crippen molar-refractivity contribution < 1.29 is 8.78 Å². The first-order valence-corrected chi connectivity index (χ1v) is 13.1. The minimum atomic E-state index is -0.643. The molecule has 1 aliphatic rings. The number of fused-ring (bicyclic) bond motifs is 1. The van der Waals surface area contributed by atoms with Crippen LogP contribution in [0.1, 0.15) is 51.0 Å². The molecular weight excluding hydrogens is 484 g/mol. The molecule has 38 heavy (non-hydrogen) atoms. The Balaban J connectivity index is 1.37. The van der Waals surface area contributed by atoms with Crippen LogP contribution in [0.15, 0.2) is 43.2 Å². The third kappa shape index (κ3) is 5.03. The highest BCUT2D eigenvalue weighted by molar-refractivity contribution is 5.83. The van der Waals surface area contributed by atoms with Gasteiger partial charge in [-0.1, -0.05) is 13.5 Å². The second-order valence-electron chi connectivity index (χ2n) is 10.1. The number of nitrogens with one attached hydrogen (secondary N) is 1. The Kier molecular flexibility index (Phi) is 7.21. The first-order chi connectivity index (χ1) is 18.2. The fourth-order valence-corrected chi connectivity index (χ4v) is 5.29. The Labute approximate surface area is 221 Å². The molecule has 1 aromatic carbocycles. The van der Waals surface area contributed by atoms with Crippen LogP contribution in [-0.4, -0.2) is 49.0 Å². The highest BCUT2D eigenvalue weighted by Gasteiger charge is 2.22. The lowest BCUT2D eigenvalue weighted by Gasteiger charge is -2.32. The van der Waals surface area contributed by atoms with Crippen LogP contribution in [-0.2, 0) is 0 Å². The summed E-state index contributed by atoms with van der Waals surface area (Å²) in [5, 5.41) is 3.04. The largest absolute Gasteiger partial charge is 0.326 e. The van der Waals surface area contributed by atoms with E-state index in [0.717, 1.165) is 49.8 Å². The van der Waals surface area contributed by atoms with Gasteiger partial charge in [-0.3, -0.25) is 0 Å². The number of pyridine rings is 1. The lowest BCUT2D eigenvalue weighted by Crippen LogP contribution is -2.33. The van der Waals surface area contributed by atoms with Crippen LogP contribution in [0.3, 0.4) is 0 Å². The summed E-state index contributed by atoms with van der Waals surface area (Å²) in [6, 6.07) is 6.86. The number of rotatable bonds is 7. The van der Waals surface area contributed by atoms with Gasteiger partial charge in [0.15, 0.2) is 11.6 Å². The van der Waals surface area contributed by atoms with Crippen molar-refractivity contribution in [1.82, 2.24) is 29.4 Å². The highest BCUT2D eigenvalue weighted by Crippen LogP contribution is 2.32. The number of halogens is 2. The van der Waals surface area contributed by atoms with Gasteiger partial charge in [0.05, 0.1) is 11.7 Å². The average Bonchev–Trinajstić information content (AvgIpc) is 3.26. The van der Waals surface area contributed by atoms with E-state index in [2.05, 4.69) is 43.7 Å². The van der Waals surface area contributed by atoms with Gasteiger partial charge in [-0.05, 0) is 94.6 Å². The molecule has 0 aliphatic carbocycles. The molecule has 198 valence electrons. The van der Waals surface area contributed by atoms with Crippen LogP contribution in [0.25, 0.3) is 27.9 Å². The summed E-state index contributed by atoms with van der Waals surface area (Å²) in [5.74, 6) is 0.673. The summed E-state index contributed by atoms with van der Waals surface area (Å²) in [4.78, 5) is 19.7. The maximum Gasteiger partial charge on any atom is 0.229 e. The quantitative estimate of drug-likeness (QED) is 0.300. The SMILES string of the molecule is C=C(c1ccc(Nc2ncc(F)c(-c3cc(F)c4nc(C)n(C(C)C)c4c3)n2)nc1)C1CCN(CC)CC1. The summed E-state index contributed by atoms with van der Waals surface area (Å²) in [6.07, 6.45) is 5.07. The maximum atomic E-state index is 15.0. The highest BCUT2D eigenvalue weighted by atomic mass is 19.1. The lowest BCUT2D eigenvalue weighted by atomic mass is 9.87. The second kappa shape index (κ2) is 10.6. The van der Waals surface area contributed by atoms with Crippen molar-refractivity contribution in [3.8, 4) is 11.3 Å². The smallest absolute Gasteiger partial charge is 0.229 e. The van der Waals surface area contributed by atoms with Crippen molar-refractivity contribution in [3.05, 3.63) is 66.3 Å². The van der Waals surface area contributed by atoms with Gasteiger partial charge < -0.3 is 14.8 Å². The Bertz CT molecular complexity index is 1470. The minimum absolute atomic E-state index is 0.000814. The topological polar surface area (TPSA) is 71.8 Å². The molecule has 1 saturated heterocycles. The number of aryl methyl sites for hydroxylation is 1. The van der Waals surface area contributed by atoms with Crippen molar-refractivity contribution in [2.45, 2.75) is 46.6 Å². The number of anilines is 2. The van der Waals surface area contributed by atoms with E-state index < -0.39 is 11.6 Å². The van der Waals surface area contributed by atoms with Crippen molar-refractivity contribution in [1.29, 1.82) is 0 Å². The molecule has 0 amide bonds. The lowest BCUT2D eigenvalue weighted by molar-refractivity contribution is 0.216. The van der Waals surface area contributed by atoms with E-state index >= 15 is 0 Å². The fraction of sp³-hybridized carbons (Fsp3) is 0.379. The van der Waals surface area contributed by atoms with Gasteiger partial charge in [0.25, 0.3) is 0 Å². The van der Waals surface area contributed by atoms with Crippen LogP contribution < -0.4 is 5.32 Å². The summed E-state index contributed by atoms with van der Waals surface area (Å²) in [5.41, 5.74) is 3.28. The summed E-state index contributed by atoms with van der Waals surface area (Å²) in [7, 11) is 0. The van der Waals surface area contributed by atoms with Crippen LogP contribution in [0.2, 0.25) is 0 Å². The van der Waals surface area contributed by atoms with Gasteiger partial charge in [-0.2, -0.15) is 0 Å². The molecule has 0 bridgehead atoms. The molecule has 1 aliphatic heterocycles. The van der Waals surface area contributed by atoms with E-state index in [1.165, 1.54) is 6.07 Å². The second-order valence-corrected chi connectivity index (χ2v) is 10.1. The molecule has 0 unspecified atom stereocenters. The molecule has 0 saturated carbocycles. The third-order valence-electron chi connectivity index (χ3n) is 7.36. The van der Waals surface area contributed by atoms with Gasteiger partial charge in [0.1, 0.15) is 22.9 Å². The van der Waals surface area contributed by atoms with Crippen molar-refractivity contribution in [3.63, 3.8) is 0 Å². The molecule has 0 atom stereocenters. The maximum absolute atomic E-state index is 15.0. The number of aromatic nitrogens is 5. The number of benzene rings is 1. The van der Waals surface area contributed by atoms with E-state index in [9.17, 15) is 8.78 Å². The molecule has 9 heteroatoms. The van der Waals surface area contributed by atoms with E-state index in [0.29, 0.717) is 28.6 Å². The predicted octanol–water partition coefficient (Wildman–Crippen LogP) is 6.54. The molecule has 5 rings (SSSR count). The Hall–Kier alpha value is -3.72.